The molecule has 0 radical (unpaired) electrons. The summed E-state index contributed by atoms with van der Waals surface area (Å²) < 4.78 is 3.33. The van der Waals surface area contributed by atoms with Gasteiger partial charge in [0.2, 0.25) is 0 Å². The molecule has 6 aromatic rings. The van der Waals surface area contributed by atoms with Gasteiger partial charge in [-0.1, -0.05) is 109 Å². The molecule has 2 atom stereocenters. The number of aryl methyl sites for hydroxylation is 2. The molecule has 0 fully saturated rings. The van der Waals surface area contributed by atoms with Crippen LogP contribution in [0.2, 0.25) is 0 Å². The molecule has 4 aromatic carbocycles. The van der Waals surface area contributed by atoms with Gasteiger partial charge in [0.25, 0.3) is 0 Å². The van der Waals surface area contributed by atoms with Crippen molar-refractivity contribution in [1.82, 2.24) is 19.4 Å². The van der Waals surface area contributed by atoms with Gasteiger partial charge in [0.05, 0.1) is 12.1 Å². The molecule has 234 valence electrons. The first-order chi connectivity index (χ1) is 21.4. The van der Waals surface area contributed by atoms with E-state index in [4.69, 9.17) is 0 Å². The molecule has 0 aliphatic rings. The van der Waals surface area contributed by atoms with E-state index in [9.17, 15) is 0 Å². The van der Waals surface area contributed by atoms with E-state index in [1.54, 1.807) is 0 Å². The molecule has 0 saturated heterocycles. The fourth-order valence-corrected chi connectivity index (χ4v) is 6.98. The second kappa shape index (κ2) is 13.4. The Kier molecular flexibility index (Phi) is 9.74. The Morgan fingerprint density at radius 1 is 0.711 bits per heavy atom. The zero-order chi connectivity index (χ0) is 32.5. The second-order valence-corrected chi connectivity index (χ2v) is 14.5. The number of hydrogen-bond acceptors (Lipinski definition) is 2. The topological polar surface area (TPSA) is 27.2 Å². The predicted octanol–water partition coefficient (Wildman–Crippen LogP) is 10.0. The number of fused-ring (bicyclic) bond motifs is 2. The van der Waals surface area contributed by atoms with Crippen molar-refractivity contribution in [3.63, 3.8) is 0 Å². The van der Waals surface area contributed by atoms with Gasteiger partial charge in [-0.25, -0.2) is 0 Å². The van der Waals surface area contributed by atoms with Gasteiger partial charge in [-0.3, -0.25) is 9.80 Å². The first kappa shape index (κ1) is 32.7. The van der Waals surface area contributed by atoms with E-state index in [0.717, 1.165) is 4.47 Å². The first-order valence-corrected chi connectivity index (χ1v) is 16.5. The highest BCUT2D eigenvalue weighted by atomic mass is 79.9. The van der Waals surface area contributed by atoms with Crippen LogP contribution in [-0.4, -0.2) is 47.5 Å². The molecule has 0 bridgehead atoms. The maximum absolute atomic E-state index is 3.58. The molecule has 4 nitrogen and oxygen atoms in total. The van der Waals surface area contributed by atoms with Crippen molar-refractivity contribution in [1.29, 1.82) is 0 Å². The maximum atomic E-state index is 3.58. The second-order valence-electron chi connectivity index (χ2n) is 13.6. The fraction of sp³-hybridized carbons (Fsp3) is 0.300. The zero-order valence-corrected chi connectivity index (χ0v) is 29.8. The summed E-state index contributed by atoms with van der Waals surface area (Å²) in [4.78, 5) is 8.11. The lowest BCUT2D eigenvalue weighted by molar-refractivity contribution is 0.343. The molecular weight excluding hydrogens is 616 g/mol. The molecule has 2 unspecified atom stereocenters. The lowest BCUT2D eigenvalue weighted by Gasteiger charge is -2.27. The van der Waals surface area contributed by atoms with Gasteiger partial charge in [0.15, 0.2) is 0 Å². The minimum atomic E-state index is 0.183. The number of nitrogens with one attached hydrogen (secondary N) is 1. The molecular formula is C40H47BrN4. The zero-order valence-electron chi connectivity index (χ0n) is 28.2. The van der Waals surface area contributed by atoms with Gasteiger partial charge in [-0.15, -0.1) is 0 Å². The Bertz CT molecular complexity index is 1890. The SMILES string of the molecule is CN(C)C(c1cccc(Br)c1)c1cn(C)c2ccccc12.Cc1[nH]c2ccccc2c1C(c1ccc(C(C)(C)C)cc1)N(C)C. The highest BCUT2D eigenvalue weighted by molar-refractivity contribution is 9.10. The van der Waals surface area contributed by atoms with E-state index in [1.807, 2.05) is 0 Å². The van der Waals surface area contributed by atoms with Crippen LogP contribution in [0.25, 0.3) is 21.8 Å². The Morgan fingerprint density at radius 2 is 1.33 bits per heavy atom. The van der Waals surface area contributed by atoms with Gasteiger partial charge < -0.3 is 9.55 Å². The summed E-state index contributed by atoms with van der Waals surface area (Å²) in [7, 11) is 10.7. The third-order valence-electron chi connectivity index (χ3n) is 8.73. The lowest BCUT2D eigenvalue weighted by Crippen LogP contribution is -2.22. The number of aromatic nitrogens is 2. The van der Waals surface area contributed by atoms with Crippen LogP contribution in [0.5, 0.6) is 0 Å². The number of aromatic amines is 1. The Balaban J connectivity index is 0.000000179. The third kappa shape index (κ3) is 6.96. The summed E-state index contributed by atoms with van der Waals surface area (Å²) in [6.45, 7) is 8.95. The van der Waals surface area contributed by atoms with E-state index in [1.165, 1.54) is 55.3 Å². The molecule has 6 rings (SSSR count). The number of nitrogens with zero attached hydrogens (tertiary/aromatic N) is 3. The van der Waals surface area contributed by atoms with Crippen LogP contribution in [0.3, 0.4) is 0 Å². The monoisotopic (exact) mass is 662 g/mol. The largest absolute Gasteiger partial charge is 0.358 e. The molecule has 0 spiro atoms. The molecule has 5 heteroatoms. The average Bonchev–Trinajstić information content (AvgIpc) is 3.49. The smallest absolute Gasteiger partial charge is 0.0620 e. The maximum Gasteiger partial charge on any atom is 0.0620 e. The summed E-state index contributed by atoms with van der Waals surface area (Å²) in [6.07, 6.45) is 2.25. The van der Waals surface area contributed by atoms with E-state index in [0.29, 0.717) is 0 Å². The van der Waals surface area contributed by atoms with Crippen molar-refractivity contribution in [2.75, 3.05) is 28.2 Å². The Labute approximate surface area is 277 Å². The van der Waals surface area contributed by atoms with E-state index < -0.39 is 0 Å². The van der Waals surface area contributed by atoms with Crippen molar-refractivity contribution in [3.05, 3.63) is 141 Å². The van der Waals surface area contributed by atoms with Crippen molar-refractivity contribution < 1.29 is 0 Å². The van der Waals surface area contributed by atoms with Gasteiger partial charge in [0, 0.05) is 50.8 Å². The van der Waals surface area contributed by atoms with Crippen LogP contribution in [0.4, 0.5) is 0 Å². The quantitative estimate of drug-likeness (QED) is 0.192. The normalized spacial score (nSPS) is 13.3. The van der Waals surface area contributed by atoms with E-state index in [2.05, 4.69) is 201 Å². The highest BCUT2D eigenvalue weighted by Gasteiger charge is 2.24. The molecule has 2 heterocycles. The van der Waals surface area contributed by atoms with Crippen LogP contribution in [0.1, 0.15) is 66.4 Å². The number of H-pyrrole nitrogens is 1. The summed E-state index contributed by atoms with van der Waals surface area (Å²) >= 11 is 3.58. The number of para-hydroxylation sites is 2. The average molecular weight is 664 g/mol. The third-order valence-corrected chi connectivity index (χ3v) is 9.22. The summed E-state index contributed by atoms with van der Waals surface area (Å²) in [5, 5.41) is 2.63. The van der Waals surface area contributed by atoms with Gasteiger partial charge >= 0.3 is 0 Å². The van der Waals surface area contributed by atoms with E-state index in [-0.39, 0.29) is 17.5 Å². The van der Waals surface area contributed by atoms with Crippen LogP contribution < -0.4 is 0 Å². The molecule has 0 aliphatic carbocycles. The molecule has 0 saturated carbocycles. The van der Waals surface area contributed by atoms with Crippen LogP contribution in [0, 0.1) is 6.92 Å². The van der Waals surface area contributed by atoms with Crippen LogP contribution in [0.15, 0.2) is 108 Å². The summed E-state index contributed by atoms with van der Waals surface area (Å²) in [6, 6.07) is 35.3. The van der Waals surface area contributed by atoms with Crippen molar-refractivity contribution in [2.45, 2.75) is 45.2 Å². The first-order valence-electron chi connectivity index (χ1n) is 15.7. The Morgan fingerprint density at radius 3 is 1.96 bits per heavy atom. The lowest BCUT2D eigenvalue weighted by atomic mass is 9.85. The number of halogens is 1. The van der Waals surface area contributed by atoms with Gasteiger partial charge in [0.1, 0.15) is 0 Å². The van der Waals surface area contributed by atoms with Crippen molar-refractivity contribution in [2.24, 2.45) is 7.05 Å². The fourth-order valence-electron chi connectivity index (χ4n) is 6.56. The van der Waals surface area contributed by atoms with Crippen LogP contribution >= 0.6 is 15.9 Å². The molecule has 1 N–H and O–H groups in total. The van der Waals surface area contributed by atoms with Gasteiger partial charge in [-0.05, 0) is 87.0 Å². The molecule has 0 aliphatic heterocycles. The van der Waals surface area contributed by atoms with E-state index >= 15 is 0 Å². The minimum Gasteiger partial charge on any atom is -0.358 e. The minimum absolute atomic E-state index is 0.183. The molecule has 0 amide bonds. The van der Waals surface area contributed by atoms with Gasteiger partial charge in [-0.2, -0.15) is 0 Å². The van der Waals surface area contributed by atoms with Crippen molar-refractivity contribution >= 4 is 37.7 Å². The number of rotatable bonds is 6. The highest BCUT2D eigenvalue weighted by Crippen LogP contribution is 2.36. The summed E-state index contributed by atoms with van der Waals surface area (Å²) in [5.41, 5.74) is 10.6. The molecule has 45 heavy (non-hydrogen) atoms. The number of benzene rings is 4. The Hall–Kier alpha value is -3.64. The molecule has 2 aromatic heterocycles. The summed E-state index contributed by atoms with van der Waals surface area (Å²) in [5.74, 6) is 0. The standard InChI is InChI=1S/C22H28N2.C18H19BrN2/c1-15-20(18-9-7-8-10-19(18)23-15)21(24(5)6)16-11-13-17(14-12-16)22(2,3)4;1-20(2)18(13-7-6-8-14(19)11-13)16-12-21(3)17-10-5-4-9-15(16)17/h7-14,21,23H,1-6H3;4-12,18H,1-3H3. The predicted molar refractivity (Wildman–Crippen MR) is 196 cm³/mol. The number of hydrogen-bond donors (Lipinski definition) is 1. The van der Waals surface area contributed by atoms with Crippen LogP contribution in [-0.2, 0) is 12.5 Å². The van der Waals surface area contributed by atoms with Crippen molar-refractivity contribution in [3.8, 4) is 0 Å².